The molecule has 0 radical (unpaired) electrons. The van der Waals surface area contributed by atoms with Crippen molar-refractivity contribution in [1.29, 1.82) is 0 Å². The average Bonchev–Trinajstić information content (AvgIpc) is 3.07. The zero-order valence-corrected chi connectivity index (χ0v) is 12.4. The highest BCUT2D eigenvalue weighted by Crippen LogP contribution is 2.22. The lowest BCUT2D eigenvalue weighted by molar-refractivity contribution is 0.557. The molecule has 3 rings (SSSR count). The van der Waals surface area contributed by atoms with E-state index in [2.05, 4.69) is 52.0 Å². The second-order valence-electron chi connectivity index (χ2n) is 5.24. The highest BCUT2D eigenvalue weighted by atomic mass is 15.3. The van der Waals surface area contributed by atoms with Crippen molar-refractivity contribution in [3.05, 3.63) is 48.2 Å². The molecular formula is C16H21N5. The Labute approximate surface area is 124 Å². The Bertz CT molecular complexity index is 725. The van der Waals surface area contributed by atoms with Gasteiger partial charge in [0.15, 0.2) is 0 Å². The van der Waals surface area contributed by atoms with Crippen molar-refractivity contribution in [1.82, 2.24) is 19.3 Å². The molecule has 0 amide bonds. The van der Waals surface area contributed by atoms with Crippen molar-refractivity contribution in [3.8, 4) is 0 Å². The molecule has 2 heterocycles. The van der Waals surface area contributed by atoms with E-state index < -0.39 is 0 Å². The van der Waals surface area contributed by atoms with Crippen molar-refractivity contribution < 1.29 is 0 Å². The molecular weight excluding hydrogens is 262 g/mol. The molecule has 0 aliphatic rings. The fraction of sp³-hybridized carbons (Fsp3) is 0.375. The van der Waals surface area contributed by atoms with Crippen LogP contribution in [0.25, 0.3) is 10.9 Å². The quantitative estimate of drug-likeness (QED) is 0.754. The number of hydrogen-bond acceptors (Lipinski definition) is 3. The maximum Gasteiger partial charge on any atom is 0.146 e. The summed E-state index contributed by atoms with van der Waals surface area (Å²) in [6, 6.07) is 8.46. The molecule has 3 aromatic rings. The Hall–Kier alpha value is -2.14. The minimum atomic E-state index is 0.667. The van der Waals surface area contributed by atoms with Crippen LogP contribution in [0.4, 0.5) is 0 Å². The van der Waals surface area contributed by atoms with E-state index in [9.17, 15) is 0 Å². The normalized spacial score (nSPS) is 11.3. The van der Waals surface area contributed by atoms with E-state index in [0.717, 1.165) is 31.8 Å². The maximum absolute atomic E-state index is 5.72. The average molecular weight is 283 g/mol. The molecule has 0 saturated heterocycles. The molecule has 2 N–H and O–H groups in total. The number of para-hydroxylation sites is 1. The number of aromatic nitrogens is 4. The first-order chi connectivity index (χ1) is 10.3. The predicted molar refractivity (Wildman–Crippen MR) is 84.1 cm³/mol. The van der Waals surface area contributed by atoms with Crippen LogP contribution in [0, 0.1) is 0 Å². The Balaban J connectivity index is 1.98. The maximum atomic E-state index is 5.72. The molecule has 0 bridgehead atoms. The largest absolute Gasteiger partial charge is 0.340 e. The van der Waals surface area contributed by atoms with Gasteiger partial charge in [-0.25, -0.2) is 9.67 Å². The lowest BCUT2D eigenvalue weighted by Gasteiger charge is -2.07. The summed E-state index contributed by atoms with van der Waals surface area (Å²) < 4.78 is 4.23. The lowest BCUT2D eigenvalue weighted by atomic mass is 10.1. The van der Waals surface area contributed by atoms with Gasteiger partial charge in [-0.3, -0.25) is 0 Å². The lowest BCUT2D eigenvalue weighted by Crippen LogP contribution is -2.09. The van der Waals surface area contributed by atoms with Crippen LogP contribution in [0.15, 0.2) is 36.8 Å². The molecule has 0 spiro atoms. The van der Waals surface area contributed by atoms with E-state index in [-0.39, 0.29) is 0 Å². The van der Waals surface area contributed by atoms with Crippen LogP contribution in [0.1, 0.15) is 24.7 Å². The molecule has 0 atom stereocenters. The number of nitrogens with two attached hydrogens (primary N) is 1. The third-order valence-electron chi connectivity index (χ3n) is 3.73. The minimum absolute atomic E-state index is 0.667. The van der Waals surface area contributed by atoms with Gasteiger partial charge < -0.3 is 10.3 Å². The van der Waals surface area contributed by atoms with Gasteiger partial charge in [0, 0.05) is 23.6 Å². The zero-order chi connectivity index (χ0) is 14.7. The summed E-state index contributed by atoms with van der Waals surface area (Å²) in [5, 5.41) is 5.58. The molecule has 0 saturated carbocycles. The molecule has 5 heteroatoms. The van der Waals surface area contributed by atoms with E-state index in [0.29, 0.717) is 6.54 Å². The van der Waals surface area contributed by atoms with Crippen molar-refractivity contribution in [3.63, 3.8) is 0 Å². The highest BCUT2D eigenvalue weighted by Gasteiger charge is 2.10. The van der Waals surface area contributed by atoms with Crippen molar-refractivity contribution in [2.45, 2.75) is 32.9 Å². The Morgan fingerprint density at radius 3 is 2.90 bits per heavy atom. The molecule has 1 aromatic carbocycles. The second-order valence-corrected chi connectivity index (χ2v) is 5.24. The van der Waals surface area contributed by atoms with Crippen LogP contribution in [-0.2, 0) is 19.5 Å². The van der Waals surface area contributed by atoms with Gasteiger partial charge in [-0.05, 0) is 31.0 Å². The molecule has 2 aromatic heterocycles. The summed E-state index contributed by atoms with van der Waals surface area (Å²) in [7, 11) is 0. The minimum Gasteiger partial charge on any atom is -0.340 e. The first-order valence-electron chi connectivity index (χ1n) is 7.47. The Morgan fingerprint density at radius 1 is 1.24 bits per heavy atom. The smallest absolute Gasteiger partial charge is 0.146 e. The van der Waals surface area contributed by atoms with Gasteiger partial charge in [-0.15, -0.1) is 0 Å². The fourth-order valence-corrected chi connectivity index (χ4v) is 2.77. The molecule has 0 unspecified atom stereocenters. The number of rotatable bonds is 6. The second kappa shape index (κ2) is 6.10. The topological polar surface area (TPSA) is 61.7 Å². The van der Waals surface area contributed by atoms with Gasteiger partial charge in [0.05, 0.1) is 6.54 Å². The Kier molecular flexibility index (Phi) is 4.01. The van der Waals surface area contributed by atoms with Crippen molar-refractivity contribution >= 4 is 10.9 Å². The standard InChI is InChI=1S/C16H21N5/c1-2-9-21-16(18-12-19-21)11-20-10-13(7-8-17)14-5-3-4-6-15(14)20/h3-6,10,12H,2,7-9,11,17H2,1H3. The fourth-order valence-electron chi connectivity index (χ4n) is 2.77. The molecule has 0 fully saturated rings. The number of benzene rings is 1. The zero-order valence-electron chi connectivity index (χ0n) is 12.4. The highest BCUT2D eigenvalue weighted by molar-refractivity contribution is 5.84. The van der Waals surface area contributed by atoms with Gasteiger partial charge in [-0.1, -0.05) is 25.1 Å². The summed E-state index contributed by atoms with van der Waals surface area (Å²) in [5.74, 6) is 0.997. The summed E-state index contributed by atoms with van der Waals surface area (Å²) in [6.07, 6.45) is 5.79. The number of nitrogens with zero attached hydrogens (tertiary/aromatic N) is 4. The van der Waals surface area contributed by atoms with Gasteiger partial charge in [-0.2, -0.15) is 5.10 Å². The third kappa shape index (κ3) is 2.69. The first-order valence-corrected chi connectivity index (χ1v) is 7.47. The van der Waals surface area contributed by atoms with Crippen LogP contribution in [-0.4, -0.2) is 25.9 Å². The molecule has 5 nitrogen and oxygen atoms in total. The number of aryl methyl sites for hydroxylation is 1. The van der Waals surface area contributed by atoms with Gasteiger partial charge in [0.2, 0.25) is 0 Å². The van der Waals surface area contributed by atoms with Crippen LogP contribution >= 0.6 is 0 Å². The van der Waals surface area contributed by atoms with Gasteiger partial charge >= 0.3 is 0 Å². The molecule has 0 aliphatic heterocycles. The third-order valence-corrected chi connectivity index (χ3v) is 3.73. The summed E-state index contributed by atoms with van der Waals surface area (Å²) in [5.41, 5.74) is 8.25. The SMILES string of the molecule is CCCn1ncnc1Cn1cc(CCN)c2ccccc21. The van der Waals surface area contributed by atoms with Crippen molar-refractivity contribution in [2.75, 3.05) is 6.54 Å². The van der Waals surface area contributed by atoms with Crippen LogP contribution < -0.4 is 5.73 Å². The number of hydrogen-bond donors (Lipinski definition) is 1. The van der Waals surface area contributed by atoms with Gasteiger partial charge in [0.1, 0.15) is 12.2 Å². The molecule has 0 aliphatic carbocycles. The molecule has 110 valence electrons. The molecule has 21 heavy (non-hydrogen) atoms. The predicted octanol–water partition coefficient (Wildman–Crippen LogP) is 2.19. The monoisotopic (exact) mass is 283 g/mol. The van der Waals surface area contributed by atoms with E-state index in [1.165, 1.54) is 16.5 Å². The van der Waals surface area contributed by atoms with Crippen LogP contribution in [0.5, 0.6) is 0 Å². The van der Waals surface area contributed by atoms with E-state index in [4.69, 9.17) is 5.73 Å². The summed E-state index contributed by atoms with van der Waals surface area (Å²) in [6.45, 7) is 4.46. The van der Waals surface area contributed by atoms with E-state index in [1.807, 2.05) is 4.68 Å². The number of fused-ring (bicyclic) bond motifs is 1. The van der Waals surface area contributed by atoms with Crippen LogP contribution in [0.3, 0.4) is 0 Å². The van der Waals surface area contributed by atoms with E-state index >= 15 is 0 Å². The summed E-state index contributed by atoms with van der Waals surface area (Å²) in [4.78, 5) is 4.40. The van der Waals surface area contributed by atoms with Gasteiger partial charge in [0.25, 0.3) is 0 Å². The van der Waals surface area contributed by atoms with Crippen LogP contribution in [0.2, 0.25) is 0 Å². The van der Waals surface area contributed by atoms with Crippen molar-refractivity contribution in [2.24, 2.45) is 5.73 Å². The first kappa shape index (κ1) is 13.8. The Morgan fingerprint density at radius 2 is 2.10 bits per heavy atom. The summed E-state index contributed by atoms with van der Waals surface area (Å²) >= 11 is 0. The van der Waals surface area contributed by atoms with E-state index in [1.54, 1.807) is 6.33 Å².